The number of nitrogens with zero attached hydrogens (tertiary/aromatic N) is 2. The van der Waals surface area contributed by atoms with E-state index in [0.29, 0.717) is 38.0 Å². The van der Waals surface area contributed by atoms with E-state index >= 15 is 0 Å². The van der Waals surface area contributed by atoms with Crippen molar-refractivity contribution in [2.24, 2.45) is 5.92 Å². The van der Waals surface area contributed by atoms with Crippen LogP contribution in [0.4, 0.5) is 4.39 Å². The molecule has 1 fully saturated rings. The van der Waals surface area contributed by atoms with E-state index in [-0.39, 0.29) is 29.6 Å². The first-order valence-electron chi connectivity index (χ1n) is 10.5. The molecule has 1 aliphatic rings. The van der Waals surface area contributed by atoms with Crippen LogP contribution in [-0.4, -0.2) is 61.4 Å². The molecule has 0 radical (unpaired) electrons. The van der Waals surface area contributed by atoms with E-state index in [1.54, 1.807) is 4.90 Å². The number of likely N-dealkylation sites (N-methyl/N-ethyl adjacent to an activating group) is 1. The summed E-state index contributed by atoms with van der Waals surface area (Å²) in [4.78, 5) is 29.1. The maximum atomic E-state index is 13.1. The van der Waals surface area contributed by atoms with E-state index in [1.165, 1.54) is 29.8 Å². The summed E-state index contributed by atoms with van der Waals surface area (Å²) in [6.07, 6.45) is 2.16. The minimum absolute atomic E-state index is 0.0591. The quantitative estimate of drug-likeness (QED) is 0.762. The first kappa shape index (κ1) is 22.0. The number of nitrogens with one attached hydrogen (secondary N) is 1. The molecule has 6 heteroatoms. The molecule has 2 aromatic rings. The van der Waals surface area contributed by atoms with E-state index in [0.717, 1.165) is 6.42 Å². The highest BCUT2D eigenvalue weighted by atomic mass is 19.1. The Balaban J connectivity index is 1.47. The second-order valence-electron chi connectivity index (χ2n) is 8.13. The van der Waals surface area contributed by atoms with Gasteiger partial charge in [0, 0.05) is 37.2 Å². The Morgan fingerprint density at radius 3 is 2.30 bits per heavy atom. The van der Waals surface area contributed by atoms with Crippen molar-refractivity contribution in [3.63, 3.8) is 0 Å². The summed E-state index contributed by atoms with van der Waals surface area (Å²) in [5.74, 6) is -0.486. The van der Waals surface area contributed by atoms with Crippen LogP contribution in [0.15, 0.2) is 54.6 Å². The number of piperidine rings is 1. The van der Waals surface area contributed by atoms with Crippen molar-refractivity contribution in [1.29, 1.82) is 0 Å². The molecule has 0 aliphatic carbocycles. The van der Waals surface area contributed by atoms with E-state index in [9.17, 15) is 14.0 Å². The summed E-state index contributed by atoms with van der Waals surface area (Å²) in [6.45, 7) is 1.67. The topological polar surface area (TPSA) is 52.7 Å². The lowest BCUT2D eigenvalue weighted by atomic mass is 9.95. The number of carbonyl (C=O) groups excluding carboxylic acids is 2. The Morgan fingerprint density at radius 2 is 1.70 bits per heavy atom. The van der Waals surface area contributed by atoms with Crippen LogP contribution in [0, 0.1) is 11.7 Å². The number of benzene rings is 2. The zero-order valence-electron chi connectivity index (χ0n) is 17.7. The molecule has 3 rings (SSSR count). The van der Waals surface area contributed by atoms with Crippen LogP contribution in [0.1, 0.15) is 28.8 Å². The van der Waals surface area contributed by atoms with Gasteiger partial charge in [0.05, 0.1) is 0 Å². The highest BCUT2D eigenvalue weighted by molar-refractivity contribution is 5.94. The minimum atomic E-state index is -0.356. The molecular formula is C24H30FN3O2. The fourth-order valence-electron chi connectivity index (χ4n) is 3.81. The number of carbonyl (C=O) groups is 2. The van der Waals surface area contributed by atoms with E-state index in [2.05, 4.69) is 22.3 Å². The summed E-state index contributed by atoms with van der Waals surface area (Å²) in [7, 11) is 4.05. The van der Waals surface area contributed by atoms with Gasteiger partial charge in [0.1, 0.15) is 5.82 Å². The van der Waals surface area contributed by atoms with Gasteiger partial charge in [0.2, 0.25) is 5.91 Å². The monoisotopic (exact) mass is 411 g/mol. The van der Waals surface area contributed by atoms with Crippen molar-refractivity contribution in [2.45, 2.75) is 25.3 Å². The van der Waals surface area contributed by atoms with Crippen LogP contribution in [-0.2, 0) is 11.2 Å². The molecule has 2 aromatic carbocycles. The van der Waals surface area contributed by atoms with E-state index < -0.39 is 0 Å². The van der Waals surface area contributed by atoms with Crippen molar-refractivity contribution < 1.29 is 14.0 Å². The average molecular weight is 412 g/mol. The molecule has 0 saturated carbocycles. The smallest absolute Gasteiger partial charge is 0.253 e. The normalized spacial score (nSPS) is 15.8. The molecular weight excluding hydrogens is 381 g/mol. The van der Waals surface area contributed by atoms with Gasteiger partial charge in [-0.15, -0.1) is 0 Å². The fraction of sp³-hybridized carbons (Fsp3) is 0.417. The maximum absolute atomic E-state index is 13.1. The van der Waals surface area contributed by atoms with Crippen LogP contribution in [0.5, 0.6) is 0 Å². The Morgan fingerprint density at radius 1 is 1.07 bits per heavy atom. The van der Waals surface area contributed by atoms with Gasteiger partial charge in [0.15, 0.2) is 0 Å². The molecule has 2 amide bonds. The Labute approximate surface area is 177 Å². The molecule has 1 N–H and O–H groups in total. The lowest BCUT2D eigenvalue weighted by molar-refractivity contribution is -0.126. The molecule has 30 heavy (non-hydrogen) atoms. The molecule has 5 nitrogen and oxygen atoms in total. The number of amides is 2. The highest BCUT2D eigenvalue weighted by Crippen LogP contribution is 2.20. The van der Waals surface area contributed by atoms with Gasteiger partial charge in [-0.05, 0) is 63.2 Å². The molecule has 0 unspecified atom stereocenters. The Bertz CT molecular complexity index is 831. The van der Waals surface area contributed by atoms with Crippen LogP contribution >= 0.6 is 0 Å². The lowest BCUT2D eigenvalue weighted by Gasteiger charge is -2.32. The van der Waals surface area contributed by atoms with Gasteiger partial charge in [0.25, 0.3) is 5.91 Å². The molecule has 160 valence electrons. The van der Waals surface area contributed by atoms with Crippen molar-refractivity contribution >= 4 is 11.8 Å². The molecule has 1 aliphatic heterocycles. The molecule has 1 atom stereocenters. The molecule has 0 aromatic heterocycles. The zero-order valence-corrected chi connectivity index (χ0v) is 17.7. The number of hydrogen-bond donors (Lipinski definition) is 1. The second-order valence-corrected chi connectivity index (χ2v) is 8.13. The van der Waals surface area contributed by atoms with Crippen molar-refractivity contribution in [3.8, 4) is 0 Å². The maximum Gasteiger partial charge on any atom is 0.253 e. The Kier molecular flexibility index (Phi) is 7.57. The average Bonchev–Trinajstić information content (AvgIpc) is 2.77. The van der Waals surface area contributed by atoms with Crippen LogP contribution in [0.25, 0.3) is 0 Å². The Hall–Kier alpha value is -2.73. The number of rotatable bonds is 7. The first-order chi connectivity index (χ1) is 14.4. The van der Waals surface area contributed by atoms with Gasteiger partial charge in [-0.3, -0.25) is 9.59 Å². The fourth-order valence-corrected chi connectivity index (χ4v) is 3.81. The molecule has 0 bridgehead atoms. The van der Waals surface area contributed by atoms with Crippen LogP contribution < -0.4 is 5.32 Å². The van der Waals surface area contributed by atoms with Crippen molar-refractivity contribution in [1.82, 2.24) is 15.1 Å². The van der Waals surface area contributed by atoms with Crippen LogP contribution in [0.3, 0.4) is 0 Å². The molecule has 1 saturated heterocycles. The van der Waals surface area contributed by atoms with E-state index in [4.69, 9.17) is 0 Å². The van der Waals surface area contributed by atoms with Gasteiger partial charge in [-0.25, -0.2) is 4.39 Å². The third kappa shape index (κ3) is 5.89. The number of halogens is 1. The van der Waals surface area contributed by atoms with Crippen molar-refractivity contribution in [3.05, 3.63) is 71.5 Å². The lowest BCUT2D eigenvalue weighted by Crippen LogP contribution is -2.46. The third-order valence-electron chi connectivity index (χ3n) is 5.80. The van der Waals surface area contributed by atoms with Gasteiger partial charge in [-0.1, -0.05) is 30.3 Å². The summed E-state index contributed by atoms with van der Waals surface area (Å²) in [5, 5.41) is 3.11. The number of hydrogen-bond acceptors (Lipinski definition) is 3. The van der Waals surface area contributed by atoms with Crippen LogP contribution in [0.2, 0.25) is 0 Å². The first-order valence-corrected chi connectivity index (χ1v) is 10.5. The minimum Gasteiger partial charge on any atom is -0.354 e. The SMILES string of the molecule is CN(C)[C@@H](CNC(=O)C1CCN(C(=O)c2ccc(F)cc2)CC1)Cc1ccccc1. The number of likely N-dealkylation sites (tertiary alicyclic amines) is 1. The molecule has 0 spiro atoms. The summed E-state index contributed by atoms with van der Waals surface area (Å²) in [6, 6.07) is 16.1. The molecule has 1 heterocycles. The van der Waals surface area contributed by atoms with Gasteiger partial charge in [-0.2, -0.15) is 0 Å². The van der Waals surface area contributed by atoms with E-state index in [1.807, 2.05) is 32.3 Å². The summed E-state index contributed by atoms with van der Waals surface area (Å²) >= 11 is 0. The van der Waals surface area contributed by atoms with Gasteiger partial charge >= 0.3 is 0 Å². The van der Waals surface area contributed by atoms with Crippen molar-refractivity contribution in [2.75, 3.05) is 33.7 Å². The third-order valence-corrected chi connectivity index (χ3v) is 5.80. The largest absolute Gasteiger partial charge is 0.354 e. The zero-order chi connectivity index (χ0) is 21.5. The van der Waals surface area contributed by atoms with Gasteiger partial charge < -0.3 is 15.1 Å². The second kappa shape index (κ2) is 10.3. The highest BCUT2D eigenvalue weighted by Gasteiger charge is 2.28. The standard InChI is InChI=1S/C24H30FN3O2/c1-27(2)22(16-18-6-4-3-5-7-18)17-26-23(29)19-12-14-28(15-13-19)24(30)20-8-10-21(25)11-9-20/h3-11,19,22H,12-17H2,1-2H3,(H,26,29)/t22-/m1/s1. The summed E-state index contributed by atoms with van der Waals surface area (Å²) < 4.78 is 13.1. The predicted molar refractivity (Wildman–Crippen MR) is 116 cm³/mol. The summed E-state index contributed by atoms with van der Waals surface area (Å²) in [5.41, 5.74) is 1.73. The predicted octanol–water partition coefficient (Wildman–Crippen LogP) is 2.97.